The molecule has 0 bridgehead atoms. The lowest BCUT2D eigenvalue weighted by Gasteiger charge is -2.10. The first-order valence-corrected chi connectivity index (χ1v) is 6.14. The molecule has 0 radical (unpaired) electrons. The molecule has 90 valence electrons. The number of nitrogens with zero attached hydrogens (tertiary/aromatic N) is 2. The fourth-order valence-corrected chi connectivity index (χ4v) is 2.14. The number of aryl methyl sites for hydroxylation is 1. The Labute approximate surface area is 108 Å². The predicted molar refractivity (Wildman–Crippen MR) is 67.3 cm³/mol. The second kappa shape index (κ2) is 5.23. The molecule has 4 nitrogen and oxygen atoms in total. The van der Waals surface area contributed by atoms with Crippen molar-refractivity contribution in [2.24, 2.45) is 0 Å². The molecule has 0 amide bonds. The fourth-order valence-electron chi connectivity index (χ4n) is 1.62. The molecule has 1 aromatic carbocycles. The van der Waals surface area contributed by atoms with E-state index in [4.69, 9.17) is 9.94 Å². The summed E-state index contributed by atoms with van der Waals surface area (Å²) in [5.74, 6) is 0.408. The van der Waals surface area contributed by atoms with Crippen molar-refractivity contribution in [3.05, 3.63) is 46.1 Å². The maximum absolute atomic E-state index is 9.02. The van der Waals surface area contributed by atoms with Crippen LogP contribution >= 0.6 is 15.9 Å². The van der Waals surface area contributed by atoms with E-state index < -0.39 is 0 Å². The van der Waals surface area contributed by atoms with E-state index in [-0.39, 0.29) is 0 Å². The van der Waals surface area contributed by atoms with Crippen molar-refractivity contribution >= 4 is 15.9 Å². The van der Waals surface area contributed by atoms with Crippen LogP contribution in [0.5, 0.6) is 5.88 Å². The van der Waals surface area contributed by atoms with Crippen molar-refractivity contribution in [2.45, 2.75) is 20.0 Å². The molecule has 2 rings (SSSR count). The number of benzene rings is 1. The van der Waals surface area contributed by atoms with Crippen LogP contribution in [0.1, 0.15) is 18.1 Å². The first-order valence-electron chi connectivity index (χ1n) is 5.34. The molecule has 0 aliphatic heterocycles. The molecule has 0 unspecified atom stereocenters. The van der Waals surface area contributed by atoms with E-state index in [9.17, 15) is 0 Å². The summed E-state index contributed by atoms with van der Waals surface area (Å²) in [5.41, 5.74) is 2.35. The van der Waals surface area contributed by atoms with Gasteiger partial charge in [0.2, 0.25) is 5.88 Å². The van der Waals surface area contributed by atoms with Gasteiger partial charge in [0.1, 0.15) is 6.61 Å². The Balaban J connectivity index is 2.13. The third kappa shape index (κ3) is 2.79. The fraction of sp³-hybridized carbons (Fsp3) is 0.250. The Morgan fingerprint density at radius 3 is 2.88 bits per heavy atom. The molecule has 0 atom stereocenters. The molecule has 2 aromatic rings. The highest BCUT2D eigenvalue weighted by molar-refractivity contribution is 9.10. The smallest absolute Gasteiger partial charge is 0.236 e. The van der Waals surface area contributed by atoms with Crippen LogP contribution in [0.15, 0.2) is 34.9 Å². The van der Waals surface area contributed by atoms with Gasteiger partial charge in [-0.1, -0.05) is 40.1 Å². The minimum Gasteiger partial charge on any atom is -0.472 e. The Kier molecular flexibility index (Phi) is 3.68. The van der Waals surface area contributed by atoms with Gasteiger partial charge in [-0.05, 0) is 18.1 Å². The normalized spacial score (nSPS) is 10.5. The lowest BCUT2D eigenvalue weighted by molar-refractivity contribution is 0.141. The monoisotopic (exact) mass is 296 g/mol. The summed E-state index contributed by atoms with van der Waals surface area (Å²) in [6.07, 6.45) is 2.38. The highest BCUT2D eigenvalue weighted by Gasteiger charge is 2.07. The SMILES string of the molecule is CCc1cccc(Br)c1COc1ccn(O)n1. The number of ether oxygens (including phenoxy) is 1. The molecule has 0 saturated carbocycles. The maximum atomic E-state index is 9.02. The molecule has 0 fully saturated rings. The van der Waals surface area contributed by atoms with Crippen LogP contribution in [0.3, 0.4) is 0 Å². The molecule has 0 saturated heterocycles. The van der Waals surface area contributed by atoms with Crippen molar-refractivity contribution in [3.8, 4) is 5.88 Å². The summed E-state index contributed by atoms with van der Waals surface area (Å²) in [7, 11) is 0. The van der Waals surface area contributed by atoms with E-state index >= 15 is 0 Å². The zero-order valence-electron chi connectivity index (χ0n) is 9.43. The van der Waals surface area contributed by atoms with Gasteiger partial charge in [0, 0.05) is 16.1 Å². The maximum Gasteiger partial charge on any atom is 0.236 e. The van der Waals surface area contributed by atoms with Crippen LogP contribution in [-0.2, 0) is 13.0 Å². The molecule has 0 aliphatic rings. The van der Waals surface area contributed by atoms with E-state index in [1.54, 1.807) is 6.07 Å². The van der Waals surface area contributed by atoms with Gasteiger partial charge in [0.15, 0.2) is 0 Å². The first-order chi connectivity index (χ1) is 8.20. The van der Waals surface area contributed by atoms with Gasteiger partial charge in [0.25, 0.3) is 0 Å². The molecule has 1 aromatic heterocycles. The summed E-state index contributed by atoms with van der Waals surface area (Å²) in [4.78, 5) is 0.732. The Morgan fingerprint density at radius 2 is 2.24 bits per heavy atom. The van der Waals surface area contributed by atoms with Crippen LogP contribution in [0.4, 0.5) is 0 Å². The van der Waals surface area contributed by atoms with E-state index in [1.807, 2.05) is 12.1 Å². The minimum atomic E-state index is 0.408. The van der Waals surface area contributed by atoms with E-state index in [2.05, 4.69) is 34.0 Å². The van der Waals surface area contributed by atoms with Crippen LogP contribution < -0.4 is 4.74 Å². The van der Waals surface area contributed by atoms with Crippen molar-refractivity contribution in [3.63, 3.8) is 0 Å². The number of rotatable bonds is 4. The van der Waals surface area contributed by atoms with Crippen LogP contribution in [0.2, 0.25) is 0 Å². The highest BCUT2D eigenvalue weighted by Crippen LogP contribution is 2.22. The first kappa shape index (κ1) is 12.0. The molecule has 0 aliphatic carbocycles. The minimum absolute atomic E-state index is 0.408. The molecular weight excluding hydrogens is 284 g/mol. The van der Waals surface area contributed by atoms with Gasteiger partial charge in [-0.25, -0.2) is 0 Å². The van der Waals surface area contributed by atoms with E-state index in [1.165, 1.54) is 11.8 Å². The average molecular weight is 297 g/mol. The molecule has 1 heterocycles. The lowest BCUT2D eigenvalue weighted by atomic mass is 10.1. The second-order valence-electron chi connectivity index (χ2n) is 3.59. The number of hydrogen-bond donors (Lipinski definition) is 1. The third-order valence-electron chi connectivity index (χ3n) is 2.51. The predicted octanol–water partition coefficient (Wildman–Crippen LogP) is 3.02. The van der Waals surface area contributed by atoms with Gasteiger partial charge < -0.3 is 9.94 Å². The topological polar surface area (TPSA) is 47.3 Å². The summed E-state index contributed by atoms with van der Waals surface area (Å²) >= 11 is 3.51. The zero-order valence-corrected chi connectivity index (χ0v) is 11.0. The second-order valence-corrected chi connectivity index (χ2v) is 4.45. The number of aromatic nitrogens is 2. The molecular formula is C12H13BrN2O2. The zero-order chi connectivity index (χ0) is 12.3. The molecule has 17 heavy (non-hydrogen) atoms. The van der Waals surface area contributed by atoms with Crippen molar-refractivity contribution in [1.29, 1.82) is 0 Å². The number of halogens is 1. The van der Waals surface area contributed by atoms with E-state index in [0.717, 1.165) is 21.3 Å². The molecule has 0 spiro atoms. The number of hydrogen-bond acceptors (Lipinski definition) is 3. The van der Waals surface area contributed by atoms with Gasteiger partial charge in [0.05, 0.1) is 6.20 Å². The van der Waals surface area contributed by atoms with Crippen LogP contribution in [0.25, 0.3) is 0 Å². The molecule has 1 N–H and O–H groups in total. The van der Waals surface area contributed by atoms with Gasteiger partial charge >= 0.3 is 0 Å². The van der Waals surface area contributed by atoms with Crippen molar-refractivity contribution in [1.82, 2.24) is 9.94 Å². The van der Waals surface area contributed by atoms with Crippen LogP contribution in [0, 0.1) is 0 Å². The summed E-state index contributed by atoms with van der Waals surface area (Å²) in [6, 6.07) is 7.69. The van der Waals surface area contributed by atoms with Crippen LogP contribution in [-0.4, -0.2) is 15.2 Å². The third-order valence-corrected chi connectivity index (χ3v) is 3.26. The average Bonchev–Trinajstić information content (AvgIpc) is 2.73. The summed E-state index contributed by atoms with van der Waals surface area (Å²) < 4.78 is 6.54. The van der Waals surface area contributed by atoms with Gasteiger partial charge in [-0.15, -0.1) is 4.85 Å². The van der Waals surface area contributed by atoms with Gasteiger partial charge in [-0.3, -0.25) is 0 Å². The quantitative estimate of drug-likeness (QED) is 0.882. The Hall–Kier alpha value is -1.49. The lowest BCUT2D eigenvalue weighted by Crippen LogP contribution is -2.01. The van der Waals surface area contributed by atoms with Crippen molar-refractivity contribution in [2.75, 3.05) is 0 Å². The summed E-state index contributed by atoms with van der Waals surface area (Å²) in [6.45, 7) is 2.54. The highest BCUT2D eigenvalue weighted by atomic mass is 79.9. The van der Waals surface area contributed by atoms with Gasteiger partial charge in [-0.2, -0.15) is 0 Å². The molecule has 5 heteroatoms. The summed E-state index contributed by atoms with van der Waals surface area (Å²) in [5, 5.41) is 12.8. The van der Waals surface area contributed by atoms with Crippen molar-refractivity contribution < 1.29 is 9.94 Å². The van der Waals surface area contributed by atoms with E-state index in [0.29, 0.717) is 12.5 Å². The Bertz CT molecular complexity index is 511. The largest absolute Gasteiger partial charge is 0.472 e. The Morgan fingerprint density at radius 1 is 1.41 bits per heavy atom. The standard InChI is InChI=1S/C12H13BrN2O2/c1-2-9-4-3-5-11(13)10(9)8-17-12-6-7-15(16)14-12/h3-7,16H,2,8H2,1H3.